The first kappa shape index (κ1) is 13.5. The second-order valence-electron chi connectivity index (χ2n) is 5.83. The summed E-state index contributed by atoms with van der Waals surface area (Å²) in [4.78, 5) is 2.48. The molecule has 0 saturated carbocycles. The van der Waals surface area contributed by atoms with Gasteiger partial charge in [0.2, 0.25) is 0 Å². The molecule has 0 bridgehead atoms. The number of hydrogen-bond donors (Lipinski definition) is 1. The Balaban J connectivity index is 1.78. The molecule has 4 heteroatoms. The summed E-state index contributed by atoms with van der Waals surface area (Å²) in [6.45, 7) is 8.23. The Bertz CT molecular complexity index is 590. The molecule has 2 heterocycles. The van der Waals surface area contributed by atoms with Gasteiger partial charge in [0.25, 0.3) is 0 Å². The molecule has 2 aromatic rings. The average molecular weight is 273 g/mol. The van der Waals surface area contributed by atoms with Gasteiger partial charge in [-0.05, 0) is 32.0 Å². The highest BCUT2D eigenvalue weighted by atomic mass is 16.5. The number of nitrogens with two attached hydrogens (primary N) is 1. The van der Waals surface area contributed by atoms with Crippen LogP contribution in [0.2, 0.25) is 0 Å². The number of hydrogen-bond acceptors (Lipinski definition) is 3. The molecular formula is C16H23N3O. The van der Waals surface area contributed by atoms with Crippen molar-refractivity contribution in [2.45, 2.75) is 32.5 Å². The van der Waals surface area contributed by atoms with E-state index in [1.807, 2.05) is 12.1 Å². The molecule has 20 heavy (non-hydrogen) atoms. The molecular weight excluding hydrogens is 250 g/mol. The zero-order chi connectivity index (χ0) is 14.1. The van der Waals surface area contributed by atoms with Crippen LogP contribution in [0.25, 0.3) is 10.9 Å². The molecule has 108 valence electrons. The molecule has 1 aromatic heterocycles. The van der Waals surface area contributed by atoms with Crippen LogP contribution in [-0.2, 0) is 11.3 Å². The number of anilines is 1. The molecule has 1 unspecified atom stereocenters. The van der Waals surface area contributed by atoms with E-state index in [9.17, 15) is 0 Å². The minimum absolute atomic E-state index is 0.253. The van der Waals surface area contributed by atoms with Crippen LogP contribution in [-0.4, -0.2) is 41.3 Å². The quantitative estimate of drug-likeness (QED) is 0.873. The largest absolute Gasteiger partial charge is 0.398 e. The Morgan fingerprint density at radius 2 is 2.20 bits per heavy atom. The normalized spacial score (nSPS) is 20.9. The Hall–Kier alpha value is -1.52. The molecule has 2 N–H and O–H groups in total. The van der Waals surface area contributed by atoms with Crippen LogP contribution in [0.4, 0.5) is 5.69 Å². The lowest BCUT2D eigenvalue weighted by Crippen LogP contribution is -2.47. The fraction of sp³-hybridized carbons (Fsp3) is 0.500. The summed E-state index contributed by atoms with van der Waals surface area (Å²) in [5.41, 5.74) is 8.04. The summed E-state index contributed by atoms with van der Waals surface area (Å²) in [5.74, 6) is 0. The SMILES string of the molecule is CC(C)N1CCOC(Cn2ccc3c(N)cccc32)C1. The van der Waals surface area contributed by atoms with Gasteiger partial charge < -0.3 is 15.0 Å². The van der Waals surface area contributed by atoms with Crippen LogP contribution in [0.5, 0.6) is 0 Å². The summed E-state index contributed by atoms with van der Waals surface area (Å²) in [6, 6.07) is 8.75. The van der Waals surface area contributed by atoms with Crippen molar-refractivity contribution < 1.29 is 4.74 Å². The smallest absolute Gasteiger partial charge is 0.0881 e. The highest BCUT2D eigenvalue weighted by Crippen LogP contribution is 2.23. The first-order valence-electron chi connectivity index (χ1n) is 7.34. The fourth-order valence-electron chi connectivity index (χ4n) is 2.95. The number of morpholine rings is 1. The lowest BCUT2D eigenvalue weighted by atomic mass is 10.2. The Kier molecular flexibility index (Phi) is 3.68. The van der Waals surface area contributed by atoms with Gasteiger partial charge >= 0.3 is 0 Å². The van der Waals surface area contributed by atoms with Crippen LogP contribution >= 0.6 is 0 Å². The van der Waals surface area contributed by atoms with Crippen molar-refractivity contribution in [3.63, 3.8) is 0 Å². The number of nitrogen functional groups attached to an aromatic ring is 1. The highest BCUT2D eigenvalue weighted by Gasteiger charge is 2.22. The zero-order valence-electron chi connectivity index (χ0n) is 12.2. The fourth-order valence-corrected chi connectivity index (χ4v) is 2.95. The maximum atomic E-state index is 6.01. The monoisotopic (exact) mass is 273 g/mol. The molecule has 1 atom stereocenters. The van der Waals surface area contributed by atoms with Crippen molar-refractivity contribution in [1.29, 1.82) is 0 Å². The number of ether oxygens (including phenoxy) is 1. The predicted octanol–water partition coefficient (Wildman–Crippen LogP) is 2.33. The van der Waals surface area contributed by atoms with E-state index in [1.165, 1.54) is 5.52 Å². The van der Waals surface area contributed by atoms with Gasteiger partial charge in [0.1, 0.15) is 0 Å². The summed E-state index contributed by atoms with van der Waals surface area (Å²) in [5, 5.41) is 1.13. The topological polar surface area (TPSA) is 43.4 Å². The van der Waals surface area contributed by atoms with E-state index in [1.54, 1.807) is 0 Å². The van der Waals surface area contributed by atoms with E-state index < -0.39 is 0 Å². The van der Waals surface area contributed by atoms with Gasteiger partial charge in [-0.25, -0.2) is 0 Å². The third-order valence-corrected chi connectivity index (χ3v) is 4.15. The molecule has 0 radical (unpaired) electrons. The van der Waals surface area contributed by atoms with E-state index in [2.05, 4.69) is 41.6 Å². The molecule has 1 aliphatic heterocycles. The zero-order valence-corrected chi connectivity index (χ0v) is 12.2. The van der Waals surface area contributed by atoms with E-state index in [-0.39, 0.29) is 6.10 Å². The number of rotatable bonds is 3. The van der Waals surface area contributed by atoms with Crippen molar-refractivity contribution in [2.24, 2.45) is 0 Å². The van der Waals surface area contributed by atoms with Gasteiger partial charge in [-0.1, -0.05) is 6.07 Å². The van der Waals surface area contributed by atoms with Gasteiger partial charge in [-0.3, -0.25) is 4.90 Å². The van der Waals surface area contributed by atoms with Gasteiger partial charge in [0.15, 0.2) is 0 Å². The van der Waals surface area contributed by atoms with Crippen molar-refractivity contribution in [2.75, 3.05) is 25.4 Å². The van der Waals surface area contributed by atoms with Gasteiger partial charge in [-0.15, -0.1) is 0 Å². The first-order chi connectivity index (χ1) is 9.65. The van der Waals surface area contributed by atoms with Crippen LogP contribution in [0.1, 0.15) is 13.8 Å². The third-order valence-electron chi connectivity index (χ3n) is 4.15. The van der Waals surface area contributed by atoms with Crippen molar-refractivity contribution in [3.8, 4) is 0 Å². The van der Waals surface area contributed by atoms with Gasteiger partial charge in [-0.2, -0.15) is 0 Å². The Morgan fingerprint density at radius 1 is 1.35 bits per heavy atom. The molecule has 4 nitrogen and oxygen atoms in total. The third kappa shape index (κ3) is 2.53. The summed E-state index contributed by atoms with van der Waals surface area (Å²) in [6.07, 6.45) is 2.36. The molecule has 1 saturated heterocycles. The molecule has 0 spiro atoms. The Labute approximate surface area is 120 Å². The average Bonchev–Trinajstić information content (AvgIpc) is 2.84. The maximum Gasteiger partial charge on any atom is 0.0881 e. The number of fused-ring (bicyclic) bond motifs is 1. The lowest BCUT2D eigenvalue weighted by molar-refractivity contribution is -0.0451. The Morgan fingerprint density at radius 3 is 3.00 bits per heavy atom. The minimum atomic E-state index is 0.253. The molecule has 3 rings (SSSR count). The summed E-state index contributed by atoms with van der Waals surface area (Å²) in [7, 11) is 0. The summed E-state index contributed by atoms with van der Waals surface area (Å²) >= 11 is 0. The van der Waals surface area contributed by atoms with Crippen molar-refractivity contribution in [1.82, 2.24) is 9.47 Å². The van der Waals surface area contributed by atoms with E-state index in [4.69, 9.17) is 10.5 Å². The van der Waals surface area contributed by atoms with E-state index >= 15 is 0 Å². The predicted molar refractivity (Wildman–Crippen MR) is 82.8 cm³/mol. The van der Waals surface area contributed by atoms with Crippen LogP contribution < -0.4 is 5.73 Å². The van der Waals surface area contributed by atoms with Crippen molar-refractivity contribution >= 4 is 16.6 Å². The molecule has 1 aliphatic rings. The van der Waals surface area contributed by atoms with E-state index in [0.29, 0.717) is 6.04 Å². The minimum Gasteiger partial charge on any atom is -0.398 e. The van der Waals surface area contributed by atoms with Crippen LogP contribution in [0.15, 0.2) is 30.5 Å². The number of aromatic nitrogens is 1. The van der Waals surface area contributed by atoms with Gasteiger partial charge in [0, 0.05) is 36.4 Å². The second-order valence-corrected chi connectivity index (χ2v) is 5.83. The van der Waals surface area contributed by atoms with Crippen LogP contribution in [0, 0.1) is 0 Å². The van der Waals surface area contributed by atoms with Crippen LogP contribution in [0.3, 0.4) is 0 Å². The van der Waals surface area contributed by atoms with Gasteiger partial charge in [0.05, 0.1) is 24.8 Å². The number of benzene rings is 1. The number of nitrogens with zero attached hydrogens (tertiary/aromatic N) is 2. The maximum absolute atomic E-state index is 6.01. The lowest BCUT2D eigenvalue weighted by Gasteiger charge is -2.35. The van der Waals surface area contributed by atoms with E-state index in [0.717, 1.165) is 37.3 Å². The first-order valence-corrected chi connectivity index (χ1v) is 7.34. The standard InChI is InChI=1S/C16H23N3O/c1-12(2)18-8-9-20-13(10-18)11-19-7-6-14-15(17)4-3-5-16(14)19/h3-7,12-13H,8-11,17H2,1-2H3. The summed E-state index contributed by atoms with van der Waals surface area (Å²) < 4.78 is 8.17. The molecule has 0 amide bonds. The second kappa shape index (κ2) is 5.46. The highest BCUT2D eigenvalue weighted by molar-refractivity contribution is 5.91. The molecule has 1 aromatic carbocycles. The van der Waals surface area contributed by atoms with Crippen molar-refractivity contribution in [3.05, 3.63) is 30.5 Å². The molecule has 1 fully saturated rings. The molecule has 0 aliphatic carbocycles.